The summed E-state index contributed by atoms with van der Waals surface area (Å²) in [6.45, 7) is 0. The largest absolute Gasteiger partial charge is 0.398 e. The number of nitrogen functional groups attached to an aromatic ring is 1. The standard InChI is InChI=1S/C14H12N2O/c15-12-6-3-5-10-11(12)8-9-4-1-2-7-13(9)16-14(10)17/h1-7H,8,15H2,(H,16,17). The molecule has 0 saturated heterocycles. The van der Waals surface area contributed by atoms with Gasteiger partial charge in [-0.1, -0.05) is 24.3 Å². The number of para-hydroxylation sites is 1. The van der Waals surface area contributed by atoms with E-state index in [1.807, 2.05) is 42.5 Å². The van der Waals surface area contributed by atoms with Crippen molar-refractivity contribution in [1.29, 1.82) is 0 Å². The molecule has 84 valence electrons. The van der Waals surface area contributed by atoms with Crippen molar-refractivity contribution in [3.8, 4) is 0 Å². The van der Waals surface area contributed by atoms with E-state index in [1.165, 1.54) is 0 Å². The number of rotatable bonds is 0. The molecule has 3 N–H and O–H groups in total. The third kappa shape index (κ3) is 1.56. The zero-order chi connectivity index (χ0) is 11.8. The second-order valence-electron chi connectivity index (χ2n) is 4.16. The summed E-state index contributed by atoms with van der Waals surface area (Å²) in [7, 11) is 0. The molecule has 1 amide bonds. The van der Waals surface area contributed by atoms with Crippen LogP contribution >= 0.6 is 0 Å². The fourth-order valence-electron chi connectivity index (χ4n) is 2.19. The van der Waals surface area contributed by atoms with Crippen LogP contribution < -0.4 is 11.1 Å². The average molecular weight is 224 g/mol. The predicted molar refractivity (Wildman–Crippen MR) is 68.1 cm³/mol. The van der Waals surface area contributed by atoms with E-state index < -0.39 is 0 Å². The van der Waals surface area contributed by atoms with Crippen LogP contribution in [0, 0.1) is 0 Å². The molecule has 17 heavy (non-hydrogen) atoms. The molecule has 1 aliphatic rings. The zero-order valence-electron chi connectivity index (χ0n) is 9.23. The van der Waals surface area contributed by atoms with Crippen LogP contribution in [0.2, 0.25) is 0 Å². The topological polar surface area (TPSA) is 55.1 Å². The minimum Gasteiger partial charge on any atom is -0.398 e. The summed E-state index contributed by atoms with van der Waals surface area (Å²) in [6, 6.07) is 13.3. The van der Waals surface area contributed by atoms with Gasteiger partial charge in [0, 0.05) is 23.4 Å². The molecule has 3 heteroatoms. The zero-order valence-corrected chi connectivity index (χ0v) is 9.23. The number of carbonyl (C=O) groups excluding carboxylic acids is 1. The Bertz CT molecular complexity index is 605. The van der Waals surface area contributed by atoms with Crippen LogP contribution in [0.4, 0.5) is 11.4 Å². The van der Waals surface area contributed by atoms with E-state index in [-0.39, 0.29) is 5.91 Å². The van der Waals surface area contributed by atoms with Crippen LogP contribution in [0.25, 0.3) is 0 Å². The van der Waals surface area contributed by atoms with Crippen LogP contribution in [0.1, 0.15) is 21.5 Å². The predicted octanol–water partition coefficient (Wildman–Crippen LogP) is 2.43. The molecule has 0 saturated carbocycles. The van der Waals surface area contributed by atoms with Gasteiger partial charge in [-0.2, -0.15) is 0 Å². The highest BCUT2D eigenvalue weighted by atomic mass is 16.1. The minimum atomic E-state index is -0.0859. The first-order valence-corrected chi connectivity index (χ1v) is 5.52. The maximum Gasteiger partial charge on any atom is 0.256 e. The van der Waals surface area contributed by atoms with Crippen molar-refractivity contribution in [3.05, 3.63) is 59.2 Å². The number of amides is 1. The summed E-state index contributed by atoms with van der Waals surface area (Å²) in [5.74, 6) is -0.0859. The van der Waals surface area contributed by atoms with E-state index in [2.05, 4.69) is 5.32 Å². The van der Waals surface area contributed by atoms with E-state index >= 15 is 0 Å². The SMILES string of the molecule is Nc1cccc2c1Cc1ccccc1NC2=O. The van der Waals surface area contributed by atoms with Crippen molar-refractivity contribution in [2.75, 3.05) is 11.1 Å². The van der Waals surface area contributed by atoms with Crippen LogP contribution in [-0.2, 0) is 6.42 Å². The summed E-state index contributed by atoms with van der Waals surface area (Å²) in [5, 5.41) is 2.91. The van der Waals surface area contributed by atoms with E-state index in [1.54, 1.807) is 0 Å². The maximum absolute atomic E-state index is 12.1. The first-order valence-electron chi connectivity index (χ1n) is 5.52. The Labute approximate surface area is 99.3 Å². The van der Waals surface area contributed by atoms with Crippen molar-refractivity contribution in [3.63, 3.8) is 0 Å². The van der Waals surface area contributed by atoms with Gasteiger partial charge in [0.2, 0.25) is 0 Å². The lowest BCUT2D eigenvalue weighted by molar-refractivity contribution is 0.102. The Balaban J connectivity index is 2.22. The molecule has 3 rings (SSSR count). The molecular formula is C14H12N2O. The second-order valence-corrected chi connectivity index (χ2v) is 4.16. The number of benzene rings is 2. The van der Waals surface area contributed by atoms with E-state index in [0.29, 0.717) is 17.7 Å². The molecule has 0 bridgehead atoms. The van der Waals surface area contributed by atoms with Crippen LogP contribution in [0.3, 0.4) is 0 Å². The van der Waals surface area contributed by atoms with Crippen LogP contribution in [0.15, 0.2) is 42.5 Å². The number of carbonyl (C=O) groups is 1. The summed E-state index contributed by atoms with van der Waals surface area (Å²) >= 11 is 0. The van der Waals surface area contributed by atoms with E-state index in [9.17, 15) is 4.79 Å². The molecule has 0 radical (unpaired) electrons. The summed E-state index contributed by atoms with van der Waals surface area (Å²) in [5.41, 5.74) is 10.2. The smallest absolute Gasteiger partial charge is 0.256 e. The Morgan fingerprint density at radius 3 is 2.76 bits per heavy atom. The maximum atomic E-state index is 12.1. The van der Waals surface area contributed by atoms with Gasteiger partial charge in [-0.05, 0) is 29.3 Å². The van der Waals surface area contributed by atoms with Gasteiger partial charge in [0.1, 0.15) is 0 Å². The highest BCUT2D eigenvalue weighted by Gasteiger charge is 2.19. The molecule has 0 fully saturated rings. The molecule has 2 aromatic carbocycles. The molecular weight excluding hydrogens is 212 g/mol. The van der Waals surface area contributed by atoms with Gasteiger partial charge >= 0.3 is 0 Å². The normalized spacial score (nSPS) is 13.3. The number of nitrogens with two attached hydrogens (primary N) is 1. The molecule has 1 heterocycles. The highest BCUT2D eigenvalue weighted by Crippen LogP contribution is 2.28. The number of fused-ring (bicyclic) bond motifs is 2. The van der Waals surface area contributed by atoms with Gasteiger partial charge in [-0.3, -0.25) is 4.79 Å². The van der Waals surface area contributed by atoms with E-state index in [0.717, 1.165) is 16.8 Å². The minimum absolute atomic E-state index is 0.0859. The first-order chi connectivity index (χ1) is 8.25. The first kappa shape index (κ1) is 9.90. The Hall–Kier alpha value is -2.29. The van der Waals surface area contributed by atoms with Gasteiger partial charge in [-0.15, -0.1) is 0 Å². The van der Waals surface area contributed by atoms with Crippen LogP contribution in [0.5, 0.6) is 0 Å². The fraction of sp³-hybridized carbons (Fsp3) is 0.0714. The van der Waals surface area contributed by atoms with Gasteiger partial charge in [-0.25, -0.2) is 0 Å². The van der Waals surface area contributed by atoms with E-state index in [4.69, 9.17) is 5.73 Å². The molecule has 0 aromatic heterocycles. The van der Waals surface area contributed by atoms with Gasteiger partial charge in [0.15, 0.2) is 0 Å². The summed E-state index contributed by atoms with van der Waals surface area (Å²) in [6.07, 6.45) is 0.691. The monoisotopic (exact) mass is 224 g/mol. The molecule has 0 aliphatic carbocycles. The molecule has 0 unspecified atom stereocenters. The Kier molecular flexibility index (Phi) is 2.11. The molecule has 3 nitrogen and oxygen atoms in total. The van der Waals surface area contributed by atoms with Crippen molar-refractivity contribution in [2.24, 2.45) is 0 Å². The lowest BCUT2D eigenvalue weighted by atomic mass is 9.99. The van der Waals surface area contributed by atoms with Crippen LogP contribution in [-0.4, -0.2) is 5.91 Å². The van der Waals surface area contributed by atoms with Crippen molar-refractivity contribution >= 4 is 17.3 Å². The quantitative estimate of drug-likeness (QED) is 0.675. The number of nitrogens with one attached hydrogen (secondary N) is 1. The second kappa shape index (κ2) is 3.63. The van der Waals surface area contributed by atoms with Gasteiger partial charge in [0.05, 0.1) is 0 Å². The Morgan fingerprint density at radius 1 is 1.06 bits per heavy atom. The molecule has 0 spiro atoms. The fourth-order valence-corrected chi connectivity index (χ4v) is 2.19. The lowest BCUT2D eigenvalue weighted by Crippen LogP contribution is -2.12. The van der Waals surface area contributed by atoms with Crippen molar-refractivity contribution in [1.82, 2.24) is 0 Å². The number of hydrogen-bond acceptors (Lipinski definition) is 2. The van der Waals surface area contributed by atoms with Crippen molar-refractivity contribution in [2.45, 2.75) is 6.42 Å². The van der Waals surface area contributed by atoms with Crippen molar-refractivity contribution < 1.29 is 4.79 Å². The highest BCUT2D eigenvalue weighted by molar-refractivity contribution is 6.07. The molecule has 1 aliphatic heterocycles. The third-order valence-electron chi connectivity index (χ3n) is 3.09. The summed E-state index contributed by atoms with van der Waals surface area (Å²) in [4.78, 5) is 12.1. The lowest BCUT2D eigenvalue weighted by Gasteiger charge is -2.07. The molecule has 2 aromatic rings. The number of anilines is 2. The van der Waals surface area contributed by atoms with Gasteiger partial charge < -0.3 is 11.1 Å². The van der Waals surface area contributed by atoms with Gasteiger partial charge in [0.25, 0.3) is 5.91 Å². The third-order valence-corrected chi connectivity index (χ3v) is 3.09. The Morgan fingerprint density at radius 2 is 1.88 bits per heavy atom. The molecule has 0 atom stereocenters. The number of hydrogen-bond donors (Lipinski definition) is 2. The summed E-state index contributed by atoms with van der Waals surface area (Å²) < 4.78 is 0. The average Bonchev–Trinajstić information content (AvgIpc) is 2.47.